The molecule has 0 fully saturated rings. The fraction of sp³-hybridized carbons (Fsp3) is 0.125. The summed E-state index contributed by atoms with van der Waals surface area (Å²) in [5.41, 5.74) is 1.99. The van der Waals surface area contributed by atoms with Gasteiger partial charge in [-0.15, -0.1) is 0 Å². The fourth-order valence-corrected chi connectivity index (χ4v) is 2.29. The molecule has 20 heavy (non-hydrogen) atoms. The van der Waals surface area contributed by atoms with Gasteiger partial charge >= 0.3 is 5.97 Å². The lowest BCUT2D eigenvalue weighted by molar-refractivity contribution is -0.145. The van der Waals surface area contributed by atoms with Crippen LogP contribution in [0.25, 0.3) is 0 Å². The number of rotatable bonds is 5. The number of Topliss-reactive ketones (excluding diaryl/α,β-unsaturated/α-hetero) is 1. The summed E-state index contributed by atoms with van der Waals surface area (Å²) < 4.78 is 4.31. The van der Waals surface area contributed by atoms with Crippen molar-refractivity contribution in [2.75, 3.05) is 0 Å². The van der Waals surface area contributed by atoms with Gasteiger partial charge < -0.3 is 3.83 Å². The van der Waals surface area contributed by atoms with E-state index in [-0.39, 0.29) is 12.3 Å². The van der Waals surface area contributed by atoms with Crippen molar-refractivity contribution >= 4 is 28.0 Å². The van der Waals surface area contributed by atoms with E-state index in [9.17, 15) is 9.59 Å². The van der Waals surface area contributed by atoms with E-state index in [1.807, 2.05) is 60.7 Å². The predicted octanol–water partition coefficient (Wildman–Crippen LogP) is 3.63. The Balaban J connectivity index is 2.31. The van der Waals surface area contributed by atoms with E-state index in [2.05, 4.69) is 20.1 Å². The number of benzene rings is 2. The van der Waals surface area contributed by atoms with E-state index in [1.165, 1.54) is 0 Å². The van der Waals surface area contributed by atoms with Crippen LogP contribution < -0.4 is 0 Å². The summed E-state index contributed by atoms with van der Waals surface area (Å²) in [5.74, 6) is -1.59. The summed E-state index contributed by atoms with van der Waals surface area (Å²) in [5, 5.41) is 0. The lowest BCUT2D eigenvalue weighted by Crippen LogP contribution is -2.17. The second kappa shape index (κ2) is 7.01. The van der Waals surface area contributed by atoms with Gasteiger partial charge in [0.25, 0.3) is 0 Å². The smallest absolute Gasteiger partial charge is 0.378 e. The molecule has 0 aliphatic heterocycles. The quantitative estimate of drug-likeness (QED) is 0.785. The highest BCUT2D eigenvalue weighted by atomic mass is 79.9. The minimum absolute atomic E-state index is 0.0818. The molecule has 0 aliphatic rings. The van der Waals surface area contributed by atoms with Crippen LogP contribution in [0.3, 0.4) is 0 Å². The maximum Gasteiger partial charge on any atom is 0.386 e. The zero-order valence-electron chi connectivity index (χ0n) is 10.7. The standard InChI is InChI=1S/C16H13BrO3/c17-20-16(19)15(18)11-14(12-7-3-1-4-8-12)13-9-5-2-6-10-13/h1-10,14H,11H2. The van der Waals surface area contributed by atoms with Crippen LogP contribution in [0.15, 0.2) is 60.7 Å². The van der Waals surface area contributed by atoms with Crippen LogP contribution in [0, 0.1) is 0 Å². The monoisotopic (exact) mass is 332 g/mol. The first-order valence-corrected chi connectivity index (χ1v) is 6.82. The van der Waals surface area contributed by atoms with Crippen LogP contribution in [0.2, 0.25) is 0 Å². The minimum atomic E-state index is -0.873. The van der Waals surface area contributed by atoms with Gasteiger partial charge in [-0.1, -0.05) is 60.7 Å². The van der Waals surface area contributed by atoms with E-state index >= 15 is 0 Å². The molecule has 0 saturated heterocycles. The van der Waals surface area contributed by atoms with Crippen molar-refractivity contribution in [1.82, 2.24) is 0 Å². The Morgan fingerprint density at radius 3 is 1.75 bits per heavy atom. The van der Waals surface area contributed by atoms with Gasteiger partial charge in [0, 0.05) is 12.3 Å². The predicted molar refractivity (Wildman–Crippen MR) is 79.4 cm³/mol. The van der Waals surface area contributed by atoms with Crippen molar-refractivity contribution in [3.63, 3.8) is 0 Å². The number of carbonyl (C=O) groups excluding carboxylic acids is 2. The van der Waals surface area contributed by atoms with Crippen LogP contribution in [-0.2, 0) is 13.4 Å². The molecule has 0 aliphatic carbocycles. The molecule has 0 aromatic heterocycles. The molecule has 102 valence electrons. The minimum Gasteiger partial charge on any atom is -0.378 e. The third-order valence-corrected chi connectivity index (χ3v) is 3.39. The molecule has 2 rings (SSSR count). The van der Waals surface area contributed by atoms with Crippen LogP contribution >= 0.6 is 16.3 Å². The molecule has 2 aromatic carbocycles. The first-order chi connectivity index (χ1) is 9.72. The summed E-state index contributed by atoms with van der Waals surface area (Å²) in [6.45, 7) is 0. The van der Waals surface area contributed by atoms with Crippen molar-refractivity contribution in [2.45, 2.75) is 12.3 Å². The first kappa shape index (κ1) is 14.5. The number of carbonyl (C=O) groups is 2. The molecular formula is C16H13BrO3. The number of halogens is 1. The SMILES string of the molecule is O=C(CC(c1ccccc1)c1ccccc1)C(=O)OBr. The molecular weight excluding hydrogens is 320 g/mol. The molecule has 0 N–H and O–H groups in total. The van der Waals surface area contributed by atoms with E-state index in [0.717, 1.165) is 11.1 Å². The Labute approximate surface area is 126 Å². The van der Waals surface area contributed by atoms with Gasteiger partial charge in [0.1, 0.15) is 0 Å². The van der Waals surface area contributed by atoms with Crippen LogP contribution in [0.1, 0.15) is 23.5 Å². The molecule has 0 atom stereocenters. The highest BCUT2D eigenvalue weighted by molar-refractivity contribution is 9.06. The molecule has 0 saturated carbocycles. The Morgan fingerprint density at radius 1 is 0.900 bits per heavy atom. The van der Waals surface area contributed by atoms with Crippen molar-refractivity contribution in [3.05, 3.63) is 71.8 Å². The van der Waals surface area contributed by atoms with E-state index in [1.54, 1.807) is 0 Å². The molecule has 0 unspecified atom stereocenters. The molecule has 0 bridgehead atoms. The van der Waals surface area contributed by atoms with Gasteiger partial charge in [-0.05, 0) is 11.1 Å². The lowest BCUT2D eigenvalue weighted by Gasteiger charge is -2.16. The summed E-state index contributed by atoms with van der Waals surface area (Å²) in [6, 6.07) is 19.3. The molecule has 4 heteroatoms. The average Bonchev–Trinajstić information content (AvgIpc) is 2.53. The largest absolute Gasteiger partial charge is 0.386 e. The zero-order chi connectivity index (χ0) is 14.4. The van der Waals surface area contributed by atoms with Gasteiger partial charge in [0.05, 0.1) is 0 Å². The average molecular weight is 333 g/mol. The molecule has 0 amide bonds. The number of hydrogen-bond acceptors (Lipinski definition) is 3. The summed E-state index contributed by atoms with van der Waals surface area (Å²) in [7, 11) is 0. The maximum absolute atomic E-state index is 11.8. The van der Waals surface area contributed by atoms with Gasteiger partial charge in [0.2, 0.25) is 5.78 Å². The molecule has 0 heterocycles. The number of hydrogen-bond donors (Lipinski definition) is 0. The lowest BCUT2D eigenvalue weighted by atomic mass is 9.87. The van der Waals surface area contributed by atoms with E-state index in [4.69, 9.17) is 0 Å². The summed E-state index contributed by atoms with van der Waals surface area (Å²) >= 11 is 2.55. The summed E-state index contributed by atoms with van der Waals surface area (Å²) in [4.78, 5) is 23.1. The van der Waals surface area contributed by atoms with Gasteiger partial charge in [-0.2, -0.15) is 0 Å². The highest BCUT2D eigenvalue weighted by Gasteiger charge is 2.23. The van der Waals surface area contributed by atoms with Gasteiger partial charge in [0.15, 0.2) is 16.3 Å². The molecule has 2 aromatic rings. The molecule has 3 nitrogen and oxygen atoms in total. The van der Waals surface area contributed by atoms with Crippen molar-refractivity contribution in [1.29, 1.82) is 0 Å². The van der Waals surface area contributed by atoms with Crippen molar-refractivity contribution in [3.8, 4) is 0 Å². The maximum atomic E-state index is 11.8. The second-order valence-electron chi connectivity index (χ2n) is 4.37. The Morgan fingerprint density at radius 2 is 1.35 bits per heavy atom. The van der Waals surface area contributed by atoms with Crippen LogP contribution in [0.5, 0.6) is 0 Å². The third kappa shape index (κ3) is 3.54. The van der Waals surface area contributed by atoms with Gasteiger partial charge in [-0.3, -0.25) is 4.79 Å². The fourth-order valence-electron chi connectivity index (χ4n) is 2.11. The molecule has 0 spiro atoms. The Kier molecular flexibility index (Phi) is 5.07. The Hall–Kier alpha value is -1.94. The topological polar surface area (TPSA) is 43.4 Å². The third-order valence-electron chi connectivity index (χ3n) is 3.09. The molecule has 0 radical (unpaired) electrons. The van der Waals surface area contributed by atoms with E-state index < -0.39 is 11.8 Å². The van der Waals surface area contributed by atoms with Gasteiger partial charge in [-0.25, -0.2) is 4.79 Å². The highest BCUT2D eigenvalue weighted by Crippen LogP contribution is 2.28. The first-order valence-electron chi connectivity index (χ1n) is 6.18. The van der Waals surface area contributed by atoms with E-state index in [0.29, 0.717) is 0 Å². The van der Waals surface area contributed by atoms with Crippen molar-refractivity contribution < 1.29 is 13.4 Å². The van der Waals surface area contributed by atoms with Crippen LogP contribution in [0.4, 0.5) is 0 Å². The summed E-state index contributed by atoms with van der Waals surface area (Å²) in [6.07, 6.45) is 0.0818. The van der Waals surface area contributed by atoms with Crippen LogP contribution in [-0.4, -0.2) is 11.8 Å². The number of ketones is 1. The van der Waals surface area contributed by atoms with Crippen molar-refractivity contribution in [2.24, 2.45) is 0 Å². The Bertz CT molecular complexity index is 542. The normalized spacial score (nSPS) is 10.3. The zero-order valence-corrected chi connectivity index (χ0v) is 12.2. The second-order valence-corrected chi connectivity index (χ2v) is 4.69.